The van der Waals surface area contributed by atoms with Crippen molar-refractivity contribution >= 4 is 35.6 Å². The van der Waals surface area contributed by atoms with Gasteiger partial charge in [-0.3, -0.25) is 4.99 Å². The highest BCUT2D eigenvalue weighted by Gasteiger charge is 2.03. The second-order valence-corrected chi connectivity index (χ2v) is 4.60. The van der Waals surface area contributed by atoms with E-state index in [4.69, 9.17) is 5.73 Å². The van der Waals surface area contributed by atoms with Gasteiger partial charge in [-0.05, 0) is 25.0 Å². The molecule has 0 aromatic carbocycles. The van der Waals surface area contributed by atoms with Crippen LogP contribution in [0.1, 0.15) is 24.6 Å². The third-order valence-electron chi connectivity index (χ3n) is 2.92. The van der Waals surface area contributed by atoms with E-state index in [0.717, 1.165) is 37.3 Å². The molecule has 0 amide bonds. The number of nitrogens with one attached hydrogen (secondary N) is 1. The minimum atomic E-state index is 0. The molecule has 0 aliphatic rings. The van der Waals surface area contributed by atoms with Crippen LogP contribution < -0.4 is 11.1 Å². The minimum absolute atomic E-state index is 0. The first-order chi connectivity index (χ1) is 9.20. The molecule has 2 rings (SSSR count). The molecule has 2 aromatic rings. The van der Waals surface area contributed by atoms with E-state index in [-0.39, 0.29) is 24.0 Å². The summed E-state index contributed by atoms with van der Waals surface area (Å²) in [5.74, 6) is 0.516. The van der Waals surface area contributed by atoms with Crippen molar-refractivity contribution < 1.29 is 0 Å². The van der Waals surface area contributed by atoms with Gasteiger partial charge in [-0.25, -0.2) is 4.98 Å². The Labute approximate surface area is 136 Å². The number of hydrogen-bond donors (Lipinski definition) is 2. The highest BCUT2D eigenvalue weighted by molar-refractivity contribution is 14.0. The molecular weight excluding hydrogens is 365 g/mol. The van der Waals surface area contributed by atoms with Crippen molar-refractivity contribution in [2.24, 2.45) is 10.7 Å². The van der Waals surface area contributed by atoms with Gasteiger partial charge in [0.2, 0.25) is 0 Å². The van der Waals surface area contributed by atoms with Crippen molar-refractivity contribution in [1.29, 1.82) is 0 Å². The zero-order valence-corrected chi connectivity index (χ0v) is 14.3. The number of imidazole rings is 1. The van der Waals surface area contributed by atoms with E-state index in [9.17, 15) is 0 Å². The molecule has 5 nitrogen and oxygen atoms in total. The first-order valence-electron chi connectivity index (χ1n) is 6.67. The molecule has 0 aliphatic heterocycles. The molecule has 0 bridgehead atoms. The van der Waals surface area contributed by atoms with Crippen LogP contribution in [0.3, 0.4) is 0 Å². The predicted molar refractivity (Wildman–Crippen MR) is 93.8 cm³/mol. The van der Waals surface area contributed by atoms with Crippen molar-refractivity contribution in [3.8, 4) is 0 Å². The number of rotatable bonds is 5. The molecule has 6 heteroatoms. The van der Waals surface area contributed by atoms with Crippen molar-refractivity contribution in [3.05, 3.63) is 35.8 Å². The quantitative estimate of drug-likeness (QED) is 0.469. The molecule has 20 heavy (non-hydrogen) atoms. The van der Waals surface area contributed by atoms with Gasteiger partial charge in [0.05, 0.1) is 5.69 Å². The van der Waals surface area contributed by atoms with Crippen molar-refractivity contribution in [2.75, 3.05) is 13.1 Å². The molecule has 0 aliphatic carbocycles. The first kappa shape index (κ1) is 16.7. The Kier molecular flexibility index (Phi) is 6.77. The van der Waals surface area contributed by atoms with Gasteiger partial charge in [-0.2, -0.15) is 0 Å². The van der Waals surface area contributed by atoms with Crippen LogP contribution in [-0.4, -0.2) is 28.4 Å². The third-order valence-corrected chi connectivity index (χ3v) is 2.92. The number of pyridine rings is 1. The minimum Gasteiger partial charge on any atom is -0.370 e. The van der Waals surface area contributed by atoms with Crippen LogP contribution in [-0.2, 0) is 6.42 Å². The molecular formula is C14H22IN5. The van der Waals surface area contributed by atoms with E-state index in [1.165, 1.54) is 5.56 Å². The summed E-state index contributed by atoms with van der Waals surface area (Å²) in [5.41, 5.74) is 9.00. The molecule has 110 valence electrons. The number of nitrogens with two attached hydrogens (primary N) is 1. The van der Waals surface area contributed by atoms with Crippen molar-refractivity contribution in [3.63, 3.8) is 0 Å². The van der Waals surface area contributed by atoms with Gasteiger partial charge in [-0.1, -0.05) is 13.0 Å². The van der Waals surface area contributed by atoms with Gasteiger partial charge in [0.15, 0.2) is 5.96 Å². The van der Waals surface area contributed by atoms with Crippen LogP contribution in [0.25, 0.3) is 5.65 Å². The summed E-state index contributed by atoms with van der Waals surface area (Å²) in [5, 5.41) is 3.10. The van der Waals surface area contributed by atoms with Gasteiger partial charge >= 0.3 is 0 Å². The number of hydrogen-bond acceptors (Lipinski definition) is 2. The maximum absolute atomic E-state index is 5.74. The average Bonchev–Trinajstić information content (AvgIpc) is 2.81. The number of fused-ring (bicyclic) bond motifs is 1. The molecule has 3 N–H and O–H groups in total. The van der Waals surface area contributed by atoms with Crippen LogP contribution in [0.2, 0.25) is 0 Å². The van der Waals surface area contributed by atoms with Gasteiger partial charge < -0.3 is 15.5 Å². The summed E-state index contributed by atoms with van der Waals surface area (Å²) in [7, 11) is 0. The van der Waals surface area contributed by atoms with Gasteiger partial charge in [0.25, 0.3) is 0 Å². The van der Waals surface area contributed by atoms with Crippen LogP contribution in [0, 0.1) is 6.92 Å². The standard InChI is InChI=1S/C14H21N5.HI/c1-3-7-16-14(15)17-8-6-12-10-19-9-4-5-11(2)13(19)18-12;/h4-5,9-10H,3,6-8H2,1-2H3,(H3,15,16,17);1H. The average molecular weight is 387 g/mol. The van der Waals surface area contributed by atoms with Crippen LogP contribution in [0.5, 0.6) is 0 Å². The van der Waals surface area contributed by atoms with Crippen LogP contribution in [0.4, 0.5) is 0 Å². The Balaban J connectivity index is 0.00000200. The summed E-state index contributed by atoms with van der Waals surface area (Å²) in [6.07, 6.45) is 5.92. The summed E-state index contributed by atoms with van der Waals surface area (Å²) in [6, 6.07) is 4.10. The van der Waals surface area contributed by atoms with Crippen molar-refractivity contribution in [1.82, 2.24) is 14.7 Å². The van der Waals surface area contributed by atoms with Gasteiger partial charge in [0.1, 0.15) is 5.65 Å². The molecule has 2 heterocycles. The number of nitrogens with zero attached hydrogens (tertiary/aromatic N) is 3. The summed E-state index contributed by atoms with van der Waals surface area (Å²) in [4.78, 5) is 8.80. The molecule has 0 saturated heterocycles. The molecule has 2 aromatic heterocycles. The lowest BCUT2D eigenvalue weighted by Crippen LogP contribution is -2.33. The van der Waals surface area contributed by atoms with E-state index in [0.29, 0.717) is 5.96 Å². The molecule has 0 fully saturated rings. The maximum atomic E-state index is 5.74. The zero-order chi connectivity index (χ0) is 13.7. The predicted octanol–water partition coefficient (Wildman–Crippen LogP) is 2.12. The molecule has 0 radical (unpaired) electrons. The molecule has 0 saturated carbocycles. The van der Waals surface area contributed by atoms with E-state index >= 15 is 0 Å². The van der Waals surface area contributed by atoms with Crippen LogP contribution in [0.15, 0.2) is 29.5 Å². The monoisotopic (exact) mass is 387 g/mol. The van der Waals surface area contributed by atoms with Crippen molar-refractivity contribution in [2.45, 2.75) is 26.7 Å². The lowest BCUT2D eigenvalue weighted by molar-refractivity contribution is 0.827. The summed E-state index contributed by atoms with van der Waals surface area (Å²) >= 11 is 0. The van der Waals surface area contributed by atoms with E-state index < -0.39 is 0 Å². The number of aliphatic imine (C=N–C) groups is 1. The first-order valence-corrected chi connectivity index (χ1v) is 6.67. The van der Waals surface area contributed by atoms with Gasteiger partial charge in [0, 0.05) is 31.9 Å². The number of aromatic nitrogens is 2. The van der Waals surface area contributed by atoms with E-state index in [2.05, 4.69) is 45.8 Å². The van der Waals surface area contributed by atoms with Gasteiger partial charge in [-0.15, -0.1) is 24.0 Å². The summed E-state index contributed by atoms with van der Waals surface area (Å²) in [6.45, 7) is 5.67. The highest BCUT2D eigenvalue weighted by atomic mass is 127. The summed E-state index contributed by atoms with van der Waals surface area (Å²) < 4.78 is 2.05. The number of aryl methyl sites for hydroxylation is 1. The Morgan fingerprint density at radius 1 is 1.50 bits per heavy atom. The Morgan fingerprint density at radius 2 is 2.30 bits per heavy atom. The van der Waals surface area contributed by atoms with Crippen LogP contribution >= 0.6 is 24.0 Å². The second kappa shape index (κ2) is 8.08. The molecule has 0 spiro atoms. The number of halogens is 1. The fourth-order valence-electron chi connectivity index (χ4n) is 1.93. The normalized spacial score (nSPS) is 11.4. The fourth-order valence-corrected chi connectivity index (χ4v) is 1.93. The fraction of sp³-hybridized carbons (Fsp3) is 0.429. The lowest BCUT2D eigenvalue weighted by Gasteiger charge is -2.03. The largest absolute Gasteiger partial charge is 0.370 e. The zero-order valence-electron chi connectivity index (χ0n) is 12.0. The van der Waals surface area contributed by atoms with E-state index in [1.54, 1.807) is 0 Å². The third kappa shape index (κ3) is 4.36. The smallest absolute Gasteiger partial charge is 0.188 e. The van der Waals surface area contributed by atoms with E-state index in [1.807, 2.05) is 12.3 Å². The SMILES string of the molecule is CCCN=C(N)NCCc1cn2cccc(C)c2n1.I. The topological polar surface area (TPSA) is 67.7 Å². The number of guanidine groups is 1. The Hall–Kier alpha value is -1.31. The Bertz CT molecular complexity index is 576. The maximum Gasteiger partial charge on any atom is 0.188 e. The Morgan fingerprint density at radius 3 is 3.00 bits per heavy atom. The molecule has 0 atom stereocenters. The molecule has 0 unspecified atom stereocenters. The lowest BCUT2D eigenvalue weighted by atomic mass is 10.3. The highest BCUT2D eigenvalue weighted by Crippen LogP contribution is 2.09. The second-order valence-electron chi connectivity index (χ2n) is 4.60.